The van der Waals surface area contributed by atoms with Crippen LogP contribution in [0.2, 0.25) is 5.02 Å². The van der Waals surface area contributed by atoms with Crippen LogP contribution in [-0.4, -0.2) is 0 Å². The molecule has 1 N–H and O–H groups in total. The molecule has 0 radical (unpaired) electrons. The Morgan fingerprint density at radius 2 is 1.90 bits per heavy atom. The number of hydrogen-bond donors (Lipinski definition) is 1. The highest BCUT2D eigenvalue weighted by Crippen LogP contribution is 2.29. The van der Waals surface area contributed by atoms with Crippen LogP contribution in [0.5, 0.6) is 0 Å². The van der Waals surface area contributed by atoms with Crippen molar-refractivity contribution in [3.8, 4) is 0 Å². The van der Waals surface area contributed by atoms with E-state index in [-0.39, 0.29) is 11.9 Å². The smallest absolute Gasteiger partial charge is 0.139 e. The van der Waals surface area contributed by atoms with Crippen LogP contribution in [0.4, 0.5) is 10.1 Å². The Balaban J connectivity index is 2.26. The summed E-state index contributed by atoms with van der Waals surface area (Å²) < 4.78 is 14.2. The maximum atomic E-state index is 13.7. The summed E-state index contributed by atoms with van der Waals surface area (Å²) in [7, 11) is 0. The standard InChI is InChI=1S/C16H16BrClFN/c1-3-15(11-4-6-12(18)7-5-11)20-16-9-14(19)13(17)8-10(16)2/h4-9,15,20H,3H2,1-2H3. The summed E-state index contributed by atoms with van der Waals surface area (Å²) in [6, 6.07) is 11.2. The maximum Gasteiger partial charge on any atom is 0.139 e. The number of benzene rings is 2. The average Bonchev–Trinajstić information content (AvgIpc) is 2.42. The van der Waals surface area contributed by atoms with Crippen molar-refractivity contribution >= 4 is 33.2 Å². The number of rotatable bonds is 4. The van der Waals surface area contributed by atoms with Crippen molar-refractivity contribution in [2.75, 3.05) is 5.32 Å². The van der Waals surface area contributed by atoms with Crippen LogP contribution in [0, 0.1) is 12.7 Å². The van der Waals surface area contributed by atoms with E-state index < -0.39 is 0 Å². The molecule has 106 valence electrons. The van der Waals surface area contributed by atoms with Gasteiger partial charge in [-0.25, -0.2) is 4.39 Å². The van der Waals surface area contributed by atoms with Gasteiger partial charge in [0.15, 0.2) is 0 Å². The largest absolute Gasteiger partial charge is 0.378 e. The van der Waals surface area contributed by atoms with Crippen LogP contribution < -0.4 is 5.32 Å². The molecule has 0 fully saturated rings. The number of aryl methyl sites for hydroxylation is 1. The summed E-state index contributed by atoms with van der Waals surface area (Å²) in [6.07, 6.45) is 0.902. The number of nitrogens with one attached hydrogen (secondary N) is 1. The predicted octanol–water partition coefficient (Wildman–Crippen LogP) is 6.11. The van der Waals surface area contributed by atoms with E-state index in [4.69, 9.17) is 11.6 Å². The van der Waals surface area contributed by atoms with E-state index in [1.165, 1.54) is 6.07 Å². The second-order valence-electron chi connectivity index (χ2n) is 4.74. The number of halogens is 3. The van der Waals surface area contributed by atoms with Gasteiger partial charge in [-0.2, -0.15) is 0 Å². The second kappa shape index (κ2) is 6.59. The van der Waals surface area contributed by atoms with Gasteiger partial charge in [-0.1, -0.05) is 30.7 Å². The molecule has 0 aliphatic rings. The third kappa shape index (κ3) is 3.53. The highest BCUT2D eigenvalue weighted by molar-refractivity contribution is 9.10. The van der Waals surface area contributed by atoms with Crippen LogP contribution in [0.3, 0.4) is 0 Å². The van der Waals surface area contributed by atoms with E-state index in [1.807, 2.05) is 31.2 Å². The van der Waals surface area contributed by atoms with E-state index in [0.29, 0.717) is 4.47 Å². The Morgan fingerprint density at radius 1 is 1.25 bits per heavy atom. The lowest BCUT2D eigenvalue weighted by atomic mass is 10.0. The molecule has 0 aromatic heterocycles. The van der Waals surface area contributed by atoms with E-state index >= 15 is 0 Å². The molecule has 2 aromatic rings. The lowest BCUT2D eigenvalue weighted by Crippen LogP contribution is -2.10. The molecule has 0 amide bonds. The summed E-state index contributed by atoms with van der Waals surface area (Å²) in [4.78, 5) is 0. The van der Waals surface area contributed by atoms with Gasteiger partial charge in [0.05, 0.1) is 10.5 Å². The fourth-order valence-corrected chi connectivity index (χ4v) is 2.69. The Hall–Kier alpha value is -1.06. The quantitative estimate of drug-likeness (QED) is 0.696. The Kier molecular flexibility index (Phi) is 5.06. The molecule has 0 bridgehead atoms. The van der Waals surface area contributed by atoms with Crippen molar-refractivity contribution in [3.05, 3.63) is 62.8 Å². The maximum absolute atomic E-state index is 13.7. The van der Waals surface area contributed by atoms with Crippen LogP contribution in [0.15, 0.2) is 40.9 Å². The minimum absolute atomic E-state index is 0.131. The first-order valence-electron chi connectivity index (χ1n) is 6.49. The van der Waals surface area contributed by atoms with E-state index in [1.54, 1.807) is 6.07 Å². The van der Waals surface area contributed by atoms with Gasteiger partial charge in [0.25, 0.3) is 0 Å². The first-order chi connectivity index (χ1) is 9.51. The highest BCUT2D eigenvalue weighted by atomic mass is 79.9. The van der Waals surface area contributed by atoms with Gasteiger partial charge in [0.1, 0.15) is 5.82 Å². The Labute approximate surface area is 132 Å². The fourth-order valence-electron chi connectivity index (χ4n) is 2.11. The lowest BCUT2D eigenvalue weighted by Gasteiger charge is -2.20. The van der Waals surface area contributed by atoms with Crippen molar-refractivity contribution in [1.82, 2.24) is 0 Å². The molecule has 2 rings (SSSR count). The van der Waals surface area contributed by atoms with Gasteiger partial charge in [-0.05, 0) is 64.7 Å². The zero-order valence-corrected chi connectivity index (χ0v) is 13.7. The lowest BCUT2D eigenvalue weighted by molar-refractivity contribution is 0.620. The summed E-state index contributed by atoms with van der Waals surface area (Å²) in [5, 5.41) is 4.11. The summed E-state index contributed by atoms with van der Waals surface area (Å²) in [5.41, 5.74) is 2.96. The fraction of sp³-hybridized carbons (Fsp3) is 0.250. The molecular weight excluding hydrogens is 341 g/mol. The minimum atomic E-state index is -0.260. The zero-order chi connectivity index (χ0) is 14.7. The Morgan fingerprint density at radius 3 is 2.50 bits per heavy atom. The molecule has 0 aliphatic carbocycles. The van der Waals surface area contributed by atoms with Crippen LogP contribution >= 0.6 is 27.5 Å². The SMILES string of the molecule is CCC(Nc1cc(F)c(Br)cc1C)c1ccc(Cl)cc1. The third-order valence-electron chi connectivity index (χ3n) is 3.28. The number of hydrogen-bond acceptors (Lipinski definition) is 1. The summed E-state index contributed by atoms with van der Waals surface area (Å²) in [5.74, 6) is -0.260. The molecule has 1 atom stereocenters. The van der Waals surface area contributed by atoms with Crippen LogP contribution in [-0.2, 0) is 0 Å². The van der Waals surface area contributed by atoms with Gasteiger partial charge >= 0.3 is 0 Å². The van der Waals surface area contributed by atoms with Gasteiger partial charge in [-0.15, -0.1) is 0 Å². The Bertz CT molecular complexity index is 598. The third-order valence-corrected chi connectivity index (χ3v) is 4.14. The first kappa shape index (κ1) is 15.3. The van der Waals surface area contributed by atoms with Gasteiger partial charge in [-0.3, -0.25) is 0 Å². The van der Waals surface area contributed by atoms with Crippen LogP contribution in [0.25, 0.3) is 0 Å². The van der Waals surface area contributed by atoms with Gasteiger partial charge in [0.2, 0.25) is 0 Å². The van der Waals surface area contributed by atoms with Crippen molar-refractivity contribution in [2.45, 2.75) is 26.3 Å². The van der Waals surface area contributed by atoms with E-state index in [9.17, 15) is 4.39 Å². The van der Waals surface area contributed by atoms with Gasteiger partial charge in [0, 0.05) is 10.7 Å². The summed E-state index contributed by atoms with van der Waals surface area (Å²) >= 11 is 9.11. The van der Waals surface area contributed by atoms with E-state index in [0.717, 1.165) is 28.3 Å². The predicted molar refractivity (Wildman–Crippen MR) is 86.9 cm³/mol. The highest BCUT2D eigenvalue weighted by Gasteiger charge is 2.12. The molecule has 0 spiro atoms. The molecule has 0 heterocycles. The van der Waals surface area contributed by atoms with Gasteiger partial charge < -0.3 is 5.32 Å². The second-order valence-corrected chi connectivity index (χ2v) is 6.03. The molecule has 0 saturated carbocycles. The van der Waals surface area contributed by atoms with Crippen molar-refractivity contribution in [3.63, 3.8) is 0 Å². The molecule has 0 aliphatic heterocycles. The van der Waals surface area contributed by atoms with Crippen LogP contribution in [0.1, 0.15) is 30.5 Å². The molecule has 4 heteroatoms. The molecule has 2 aromatic carbocycles. The minimum Gasteiger partial charge on any atom is -0.378 e. The zero-order valence-electron chi connectivity index (χ0n) is 11.4. The first-order valence-corrected chi connectivity index (χ1v) is 7.66. The molecule has 1 unspecified atom stereocenters. The molecule has 0 saturated heterocycles. The molecule has 20 heavy (non-hydrogen) atoms. The summed E-state index contributed by atoms with van der Waals surface area (Å²) in [6.45, 7) is 4.05. The molecular formula is C16H16BrClFN. The normalized spacial score (nSPS) is 12.2. The van der Waals surface area contributed by atoms with Crippen molar-refractivity contribution in [1.29, 1.82) is 0 Å². The average molecular weight is 357 g/mol. The van der Waals surface area contributed by atoms with Crippen molar-refractivity contribution < 1.29 is 4.39 Å². The number of anilines is 1. The molecule has 1 nitrogen and oxygen atoms in total. The van der Waals surface area contributed by atoms with Crippen molar-refractivity contribution in [2.24, 2.45) is 0 Å². The topological polar surface area (TPSA) is 12.0 Å². The van der Waals surface area contributed by atoms with E-state index in [2.05, 4.69) is 28.2 Å². The monoisotopic (exact) mass is 355 g/mol.